The fourth-order valence-electron chi connectivity index (χ4n) is 6.08. The first-order valence-corrected chi connectivity index (χ1v) is 10.3. The van der Waals surface area contributed by atoms with E-state index < -0.39 is 0 Å². The number of hydrogen-bond acceptors (Lipinski definition) is 4. The summed E-state index contributed by atoms with van der Waals surface area (Å²) in [6.45, 7) is 3.73. The Bertz CT molecular complexity index is 788. The van der Waals surface area contributed by atoms with Crippen LogP contribution in [0.4, 0.5) is 0 Å². The van der Waals surface area contributed by atoms with Crippen molar-refractivity contribution in [3.8, 4) is 11.8 Å². The quantitative estimate of drug-likeness (QED) is 0.524. The summed E-state index contributed by atoms with van der Waals surface area (Å²) in [5, 5.41) is 19.9. The molecule has 2 fully saturated rings. The van der Waals surface area contributed by atoms with Gasteiger partial charge in [-0.25, -0.2) is 0 Å². The Morgan fingerprint density at radius 3 is 2.81 bits per heavy atom. The fraction of sp³-hybridized carbons (Fsp3) is 0.619. The van der Waals surface area contributed by atoms with Crippen molar-refractivity contribution < 1.29 is 14.6 Å². The molecule has 2 saturated carbocycles. The summed E-state index contributed by atoms with van der Waals surface area (Å²) in [4.78, 5) is 11.5. The number of alkyl halides is 1. The summed E-state index contributed by atoms with van der Waals surface area (Å²) in [6, 6.07) is 8.16. The maximum atomic E-state index is 11.6. The van der Waals surface area contributed by atoms with Gasteiger partial charge in [0.2, 0.25) is 0 Å². The molecular weight excluding hydrogens is 394 g/mol. The molecule has 1 aromatic carbocycles. The van der Waals surface area contributed by atoms with Gasteiger partial charge in [0, 0.05) is 12.3 Å². The Kier molecular flexibility index (Phi) is 4.30. The molecule has 0 aromatic heterocycles. The van der Waals surface area contributed by atoms with Crippen molar-refractivity contribution in [3.63, 3.8) is 0 Å². The van der Waals surface area contributed by atoms with Gasteiger partial charge in [-0.05, 0) is 66.7 Å². The highest BCUT2D eigenvalue weighted by Gasteiger charge is 2.59. The van der Waals surface area contributed by atoms with Crippen LogP contribution in [0.2, 0.25) is 0 Å². The average molecular weight is 418 g/mol. The van der Waals surface area contributed by atoms with Crippen LogP contribution < -0.4 is 0 Å². The average Bonchev–Trinajstić information content (AvgIpc) is 2.91. The number of aromatic hydroxyl groups is 1. The number of carbonyl (C=O) groups is 1. The number of nitrogens with zero attached hydrogens (tertiary/aromatic N) is 1. The van der Waals surface area contributed by atoms with Crippen LogP contribution in [-0.2, 0) is 9.53 Å². The third-order valence-corrected chi connectivity index (χ3v) is 8.26. The van der Waals surface area contributed by atoms with Gasteiger partial charge in [0.1, 0.15) is 11.9 Å². The molecule has 1 aromatic rings. The van der Waals surface area contributed by atoms with E-state index in [1.165, 1.54) is 12.5 Å². The first kappa shape index (κ1) is 17.9. The lowest BCUT2D eigenvalue weighted by molar-refractivity contribution is -0.155. The van der Waals surface area contributed by atoms with E-state index in [1.54, 1.807) is 12.1 Å². The Morgan fingerprint density at radius 2 is 2.12 bits per heavy atom. The van der Waals surface area contributed by atoms with Crippen LogP contribution in [0.5, 0.6) is 5.75 Å². The molecule has 4 nitrogen and oxygen atoms in total. The van der Waals surface area contributed by atoms with Gasteiger partial charge >= 0.3 is 5.97 Å². The van der Waals surface area contributed by atoms with Crippen LogP contribution in [0, 0.1) is 34.5 Å². The second-order valence-electron chi connectivity index (χ2n) is 8.38. The molecule has 3 aliphatic carbocycles. The van der Waals surface area contributed by atoms with Crippen molar-refractivity contribution in [1.82, 2.24) is 0 Å². The topological polar surface area (TPSA) is 70.3 Å². The van der Waals surface area contributed by atoms with Gasteiger partial charge in [-0.15, -0.1) is 0 Å². The lowest BCUT2D eigenvalue weighted by Crippen LogP contribution is -2.48. The molecule has 0 aliphatic heterocycles. The number of ether oxygens (including phenoxy) is 1. The molecule has 0 spiro atoms. The number of carbonyl (C=O) groups excluding carboxylic acids is 1. The highest BCUT2D eigenvalue weighted by atomic mass is 79.9. The van der Waals surface area contributed by atoms with E-state index in [-0.39, 0.29) is 39.9 Å². The van der Waals surface area contributed by atoms with Crippen molar-refractivity contribution >= 4 is 21.9 Å². The molecule has 3 aliphatic rings. The number of phenolic OH excluding ortho intramolecular Hbond substituents is 1. The van der Waals surface area contributed by atoms with Crippen LogP contribution in [0.1, 0.15) is 61.4 Å². The number of nitriles is 1. The summed E-state index contributed by atoms with van der Waals surface area (Å²) in [7, 11) is 0. The minimum absolute atomic E-state index is 0.0414. The second kappa shape index (κ2) is 6.27. The molecular formula is C21H24BrNO3. The minimum atomic E-state index is -0.210. The summed E-state index contributed by atoms with van der Waals surface area (Å²) in [5.41, 5.74) is 2.26. The van der Waals surface area contributed by atoms with Gasteiger partial charge in [-0.2, -0.15) is 5.26 Å². The van der Waals surface area contributed by atoms with Crippen molar-refractivity contribution in [2.45, 2.75) is 56.4 Å². The van der Waals surface area contributed by atoms with Crippen molar-refractivity contribution in [2.24, 2.45) is 23.2 Å². The monoisotopic (exact) mass is 417 g/mol. The molecule has 26 heavy (non-hydrogen) atoms. The number of hydrogen-bond donors (Lipinski definition) is 1. The Labute approximate surface area is 162 Å². The Balaban J connectivity index is 1.76. The number of halogens is 1. The second-order valence-corrected chi connectivity index (χ2v) is 9.37. The molecule has 0 heterocycles. The highest BCUT2D eigenvalue weighted by Crippen LogP contribution is 2.65. The van der Waals surface area contributed by atoms with Gasteiger partial charge in [0.25, 0.3) is 0 Å². The standard InChI is InChI=1S/C21H24BrNO3/c1-11(24)26-18-6-5-17-19-14(7-8-21(17,18)2)13-4-3-12(25)9-15(13)20(22)16(19)10-23/h3-4,9,14,16-20,25H,5-8H2,1-2H3/t14-,16+,17+,18+,19+,20?,21+/m1/s1. The predicted octanol–water partition coefficient (Wildman–Crippen LogP) is 4.82. The van der Waals surface area contributed by atoms with Gasteiger partial charge < -0.3 is 9.84 Å². The first-order valence-electron chi connectivity index (χ1n) is 9.40. The molecule has 138 valence electrons. The van der Waals surface area contributed by atoms with Gasteiger partial charge in [0.05, 0.1) is 16.8 Å². The Morgan fingerprint density at radius 1 is 1.35 bits per heavy atom. The van der Waals surface area contributed by atoms with E-state index in [4.69, 9.17) is 4.74 Å². The molecule has 0 saturated heterocycles. The zero-order valence-electron chi connectivity index (χ0n) is 15.1. The van der Waals surface area contributed by atoms with Gasteiger partial charge in [-0.1, -0.05) is 28.9 Å². The van der Waals surface area contributed by atoms with Crippen LogP contribution in [0.15, 0.2) is 18.2 Å². The number of phenols is 1. The summed E-state index contributed by atoms with van der Waals surface area (Å²) in [5.74, 6) is 0.852. The van der Waals surface area contributed by atoms with Crippen LogP contribution in [0.25, 0.3) is 0 Å². The zero-order chi connectivity index (χ0) is 18.6. The molecule has 1 unspecified atom stereocenters. The smallest absolute Gasteiger partial charge is 0.302 e. The minimum Gasteiger partial charge on any atom is -0.508 e. The fourth-order valence-corrected chi connectivity index (χ4v) is 6.95. The number of rotatable bonds is 1. The van der Waals surface area contributed by atoms with E-state index in [0.29, 0.717) is 11.8 Å². The molecule has 4 rings (SSSR count). The lowest BCUT2D eigenvalue weighted by Gasteiger charge is -2.52. The van der Waals surface area contributed by atoms with E-state index in [0.717, 1.165) is 31.2 Å². The molecule has 0 bridgehead atoms. The maximum absolute atomic E-state index is 11.6. The van der Waals surface area contributed by atoms with E-state index in [2.05, 4.69) is 28.9 Å². The summed E-state index contributed by atoms with van der Waals surface area (Å²) >= 11 is 3.76. The number of fused-ring (bicyclic) bond motifs is 5. The largest absolute Gasteiger partial charge is 0.508 e. The molecule has 0 radical (unpaired) electrons. The third kappa shape index (κ3) is 2.49. The summed E-state index contributed by atoms with van der Waals surface area (Å²) < 4.78 is 5.68. The molecule has 0 amide bonds. The Hall–Kier alpha value is -1.54. The van der Waals surface area contributed by atoms with Crippen LogP contribution >= 0.6 is 15.9 Å². The molecule has 7 atom stereocenters. The van der Waals surface area contributed by atoms with Gasteiger partial charge in [0.15, 0.2) is 0 Å². The highest BCUT2D eigenvalue weighted by molar-refractivity contribution is 9.09. The first-order chi connectivity index (χ1) is 12.4. The predicted molar refractivity (Wildman–Crippen MR) is 101 cm³/mol. The van der Waals surface area contributed by atoms with Crippen molar-refractivity contribution in [1.29, 1.82) is 5.26 Å². The van der Waals surface area contributed by atoms with Crippen LogP contribution in [-0.4, -0.2) is 17.2 Å². The SMILES string of the molecule is CC(=O)O[C@H]1CC[C@H]2[C@H]3[C@H](CC[C@]12C)c1ccc(O)cc1C(Br)[C@H]3C#N. The summed E-state index contributed by atoms with van der Waals surface area (Å²) in [6.07, 6.45) is 3.84. The van der Waals surface area contributed by atoms with Crippen molar-refractivity contribution in [3.05, 3.63) is 29.3 Å². The number of benzene rings is 1. The lowest BCUT2D eigenvalue weighted by atomic mass is 9.52. The molecule has 1 N–H and O–H groups in total. The third-order valence-electron chi connectivity index (χ3n) is 7.20. The van der Waals surface area contributed by atoms with Crippen molar-refractivity contribution in [2.75, 3.05) is 0 Å². The van der Waals surface area contributed by atoms with Crippen LogP contribution in [0.3, 0.4) is 0 Å². The molecule has 5 heteroatoms. The van der Waals surface area contributed by atoms with E-state index in [9.17, 15) is 15.2 Å². The van der Waals surface area contributed by atoms with Gasteiger partial charge in [-0.3, -0.25) is 4.79 Å². The normalized spacial score (nSPS) is 40.7. The maximum Gasteiger partial charge on any atom is 0.302 e. The zero-order valence-corrected chi connectivity index (χ0v) is 16.7. The number of esters is 1. The van der Waals surface area contributed by atoms with E-state index >= 15 is 0 Å². The van der Waals surface area contributed by atoms with E-state index in [1.807, 2.05) is 6.07 Å².